The van der Waals surface area contributed by atoms with Crippen LogP contribution in [0.25, 0.3) is 0 Å². The van der Waals surface area contributed by atoms with E-state index in [4.69, 9.17) is 61.0 Å². The van der Waals surface area contributed by atoms with Gasteiger partial charge in [0.2, 0.25) is 5.91 Å². The summed E-state index contributed by atoms with van der Waals surface area (Å²) in [6, 6.07) is 5.80. The number of nitrogens with zero attached hydrogens (tertiary/aromatic N) is 7. The van der Waals surface area contributed by atoms with E-state index in [1.807, 2.05) is 61.9 Å². The number of halogens is 8. The minimum atomic E-state index is -0.923. The third-order valence-electron chi connectivity index (χ3n) is 8.63. The molecule has 21 heteroatoms. The topological polar surface area (TPSA) is 130 Å². The molecular weight excluding hydrogens is 1030 g/mol. The number of nitrogens with one attached hydrogen (secondary N) is 1. The fraction of sp³-hybridized carbons (Fsp3) is 0.412. The van der Waals surface area contributed by atoms with E-state index in [9.17, 15) is 18.4 Å². The number of benzene rings is 2. The minimum absolute atomic E-state index is 0.0394. The number of hydrogen-bond acceptors (Lipinski definition) is 9. The number of amides is 1. The number of carboxylic acid groups (broad SMARTS) is 1. The quantitative estimate of drug-likeness (QED) is 0.178. The summed E-state index contributed by atoms with van der Waals surface area (Å²) in [6.45, 7) is 8.90. The maximum Gasteiger partial charge on any atom is 0.325 e. The minimum Gasteiger partial charge on any atom is -0.495 e. The molecule has 2 N–H and O–H groups in total. The van der Waals surface area contributed by atoms with Crippen LogP contribution in [0.5, 0.6) is 11.5 Å². The zero-order chi connectivity index (χ0) is 40.6. The van der Waals surface area contributed by atoms with Gasteiger partial charge in [-0.05, 0) is 71.2 Å². The van der Waals surface area contributed by atoms with E-state index < -0.39 is 11.8 Å². The van der Waals surface area contributed by atoms with Gasteiger partial charge in [-0.25, -0.2) is 8.78 Å². The van der Waals surface area contributed by atoms with Crippen LogP contribution in [-0.2, 0) is 22.7 Å². The Morgan fingerprint density at radius 3 is 1.55 bits per heavy atom. The molecule has 0 spiro atoms. The first-order valence-corrected chi connectivity index (χ1v) is 20.3. The molecule has 55 heavy (non-hydrogen) atoms. The van der Waals surface area contributed by atoms with Crippen molar-refractivity contribution in [2.24, 2.45) is 0 Å². The number of methoxy groups -OCH3 is 2. The second-order valence-corrected chi connectivity index (χ2v) is 15.7. The highest BCUT2D eigenvalue weighted by atomic mass is 127. The molecule has 6 rings (SSSR count). The molecule has 2 aliphatic rings. The molecule has 13 nitrogen and oxygen atoms in total. The number of aliphatic carboxylic acids is 1. The van der Waals surface area contributed by atoms with Crippen LogP contribution >= 0.6 is 91.6 Å². The lowest BCUT2D eigenvalue weighted by atomic mass is 10.2. The van der Waals surface area contributed by atoms with Crippen molar-refractivity contribution in [3.8, 4) is 11.5 Å². The summed E-state index contributed by atoms with van der Waals surface area (Å²) in [5.41, 5.74) is 2.43. The van der Waals surface area contributed by atoms with Gasteiger partial charge < -0.3 is 34.6 Å². The van der Waals surface area contributed by atoms with E-state index in [0.29, 0.717) is 77.2 Å². The largest absolute Gasteiger partial charge is 0.495 e. The van der Waals surface area contributed by atoms with Crippen molar-refractivity contribution in [1.29, 1.82) is 0 Å². The first-order chi connectivity index (χ1) is 26.1. The zero-order valence-corrected chi connectivity index (χ0v) is 37.5. The molecule has 0 unspecified atom stereocenters. The molecule has 0 bridgehead atoms. The van der Waals surface area contributed by atoms with Crippen molar-refractivity contribution in [2.75, 3.05) is 76.4 Å². The number of carbonyl (C=O) groups is 2. The number of hydrogen-bond donors (Lipinski definition) is 2. The Morgan fingerprint density at radius 1 is 0.745 bits per heavy atom. The standard InChI is InChI=1S/C17H18Cl2FIN4O2.C11H14ClFN2O.C6H6ClIN2O2/c1-10-16(19)17(21)22-25(10)9-15(26)24-5-3-23(4-6-24)13-8-14(27-2)11(18)7-12(13)20;1-16-11-7-10(9(13)6-8(11)12)15-4-2-14-3-5-15;1-3-5(7)6(8)9-10(3)2-4(11)12/h7-8H,3-6,9H2,1-2H3;6-7,14H,2-5H2,1H3;2H2,1H3,(H,11,12). The first kappa shape index (κ1) is 45.1. The van der Waals surface area contributed by atoms with Crippen LogP contribution in [0.3, 0.4) is 0 Å². The Kier molecular flexibility index (Phi) is 17.0. The molecule has 300 valence electrons. The monoisotopic (exact) mass is 1070 g/mol. The Bertz CT molecular complexity index is 1990. The fourth-order valence-electron chi connectivity index (χ4n) is 5.58. The number of anilines is 2. The van der Waals surface area contributed by atoms with Crippen LogP contribution in [0.2, 0.25) is 20.1 Å². The van der Waals surface area contributed by atoms with Gasteiger partial charge in [0.25, 0.3) is 0 Å². The first-order valence-electron chi connectivity index (χ1n) is 16.6. The van der Waals surface area contributed by atoms with Crippen LogP contribution in [0.15, 0.2) is 24.3 Å². The maximum atomic E-state index is 14.3. The maximum absolute atomic E-state index is 14.3. The summed E-state index contributed by atoms with van der Waals surface area (Å²) in [6.07, 6.45) is 0. The fourth-order valence-corrected chi connectivity index (χ4v) is 7.60. The molecule has 2 aliphatic heterocycles. The molecule has 0 saturated carbocycles. The zero-order valence-electron chi connectivity index (χ0n) is 30.1. The van der Waals surface area contributed by atoms with Gasteiger partial charge in [0.05, 0.1) is 57.1 Å². The van der Waals surface area contributed by atoms with E-state index in [1.165, 1.54) is 31.0 Å². The number of rotatable bonds is 8. The third-order valence-corrected chi connectivity index (χ3v) is 12.3. The lowest BCUT2D eigenvalue weighted by molar-refractivity contribution is -0.138. The number of ether oxygens (including phenoxy) is 2. The smallest absolute Gasteiger partial charge is 0.325 e. The normalized spacial score (nSPS) is 14.1. The van der Waals surface area contributed by atoms with Gasteiger partial charge in [-0.1, -0.05) is 46.4 Å². The van der Waals surface area contributed by atoms with Crippen LogP contribution in [0.1, 0.15) is 11.4 Å². The van der Waals surface area contributed by atoms with Crippen molar-refractivity contribution in [1.82, 2.24) is 29.8 Å². The Labute approximate surface area is 364 Å². The number of carbonyl (C=O) groups excluding carboxylic acids is 1. The van der Waals surface area contributed by atoms with Gasteiger partial charge in [0.1, 0.15) is 43.6 Å². The van der Waals surface area contributed by atoms with Crippen LogP contribution < -0.4 is 24.6 Å². The number of aromatic nitrogens is 4. The molecule has 0 radical (unpaired) electrons. The van der Waals surface area contributed by atoms with E-state index in [2.05, 4.69) is 15.5 Å². The molecule has 2 aromatic heterocycles. The predicted octanol–water partition coefficient (Wildman–Crippen LogP) is 7.03. The number of carboxylic acids is 1. The van der Waals surface area contributed by atoms with Crippen molar-refractivity contribution in [3.05, 3.63) is 74.8 Å². The van der Waals surface area contributed by atoms with Gasteiger partial charge in [-0.3, -0.25) is 19.0 Å². The van der Waals surface area contributed by atoms with Crippen molar-refractivity contribution in [3.63, 3.8) is 0 Å². The lowest BCUT2D eigenvalue weighted by Crippen LogP contribution is -2.50. The highest BCUT2D eigenvalue weighted by molar-refractivity contribution is 14.1. The van der Waals surface area contributed by atoms with E-state index in [-0.39, 0.29) is 29.8 Å². The molecular formula is C34H38Cl4F2I2N8O5. The Hall–Kier alpha value is -2.56. The molecule has 4 heterocycles. The molecule has 2 aromatic carbocycles. The summed E-state index contributed by atoms with van der Waals surface area (Å²) >= 11 is 27.7. The second-order valence-electron chi connectivity index (χ2n) is 12.1. The SMILES string of the molecule is COc1cc(N2CCN(C(=O)Cn3nc(I)c(Cl)c3C)CC2)c(F)cc1Cl.COc1cc(N2CCNCC2)c(F)cc1Cl.Cc1c(Cl)c(I)nn1CC(=O)O. The third kappa shape index (κ3) is 11.8. The molecule has 4 aromatic rings. The summed E-state index contributed by atoms with van der Waals surface area (Å²) in [4.78, 5) is 28.6. The molecule has 0 atom stereocenters. The van der Waals surface area contributed by atoms with Crippen molar-refractivity contribution < 1.29 is 33.0 Å². The van der Waals surface area contributed by atoms with Crippen molar-refractivity contribution in [2.45, 2.75) is 26.9 Å². The van der Waals surface area contributed by atoms with Gasteiger partial charge in [0, 0.05) is 64.5 Å². The molecule has 1 amide bonds. The van der Waals surface area contributed by atoms with Gasteiger partial charge in [0.15, 0.2) is 0 Å². The van der Waals surface area contributed by atoms with Gasteiger partial charge in [-0.2, -0.15) is 10.2 Å². The van der Waals surface area contributed by atoms with E-state index >= 15 is 0 Å². The lowest BCUT2D eigenvalue weighted by Gasteiger charge is -2.36. The van der Waals surface area contributed by atoms with E-state index in [0.717, 1.165) is 31.9 Å². The summed E-state index contributed by atoms with van der Waals surface area (Å²) in [7, 11) is 3.02. The molecule has 2 saturated heterocycles. The highest BCUT2D eigenvalue weighted by Crippen LogP contribution is 2.34. The predicted molar refractivity (Wildman–Crippen MR) is 227 cm³/mol. The highest BCUT2D eigenvalue weighted by Gasteiger charge is 2.25. The van der Waals surface area contributed by atoms with Gasteiger partial charge in [-0.15, -0.1) is 0 Å². The Morgan fingerprint density at radius 2 is 1.16 bits per heavy atom. The average molecular weight is 1070 g/mol. The van der Waals surface area contributed by atoms with Crippen LogP contribution in [-0.4, -0.2) is 108 Å². The molecule has 0 aliphatic carbocycles. The Balaban J connectivity index is 0.000000203. The van der Waals surface area contributed by atoms with Gasteiger partial charge >= 0.3 is 5.97 Å². The second kappa shape index (κ2) is 20.7. The van der Waals surface area contributed by atoms with Crippen LogP contribution in [0.4, 0.5) is 20.2 Å². The van der Waals surface area contributed by atoms with Crippen molar-refractivity contribution >= 4 is 115 Å². The summed E-state index contributed by atoms with van der Waals surface area (Å²) in [5, 5.41) is 21.6. The van der Waals surface area contributed by atoms with Crippen LogP contribution in [0, 0.1) is 32.9 Å². The summed E-state index contributed by atoms with van der Waals surface area (Å²) < 4.78 is 42.6. The summed E-state index contributed by atoms with van der Waals surface area (Å²) in [5.74, 6) is -0.732. The van der Waals surface area contributed by atoms with E-state index in [1.54, 1.807) is 28.6 Å². The number of piperazine rings is 2. The average Bonchev–Trinajstić information content (AvgIpc) is 3.54. The molecule has 2 fully saturated rings.